The second-order valence-electron chi connectivity index (χ2n) is 8.64. The molecule has 54 heavy (non-hydrogen) atoms. The number of alkyl halides is 4. The summed E-state index contributed by atoms with van der Waals surface area (Å²) in [6, 6.07) is 43.6. The molecule has 0 aromatic carbocycles. The minimum atomic E-state index is 0. The van der Waals surface area contributed by atoms with E-state index in [1.54, 1.807) is 70.1 Å². The van der Waals surface area contributed by atoms with E-state index in [0.717, 1.165) is 42.3 Å². The summed E-state index contributed by atoms with van der Waals surface area (Å²) in [5, 5.41) is 8.40. The topological polar surface area (TPSA) is 51.6 Å². The molecule has 0 amide bonds. The number of aromatic nitrogens is 4. The molecule has 0 bridgehead atoms. The molecule has 0 atom stereocenters. The standard InChI is InChI=1S/4C9H6NS.2CH2Cl2.2ClH.2Ir/c4*1-2-6-10-8(4-1)9-5-3-7-11-9;2*2-1-3;;;;/h4*1-4,6-7H;2*1H2;2*1H;;/q4*-1;;;;;2*+3/p-2. The summed E-state index contributed by atoms with van der Waals surface area (Å²) >= 11 is 25.7. The summed E-state index contributed by atoms with van der Waals surface area (Å²) in [6.07, 6.45) is 7.18. The van der Waals surface area contributed by atoms with E-state index in [1.807, 2.05) is 119 Å². The predicted molar refractivity (Wildman–Crippen MR) is 219 cm³/mol. The molecule has 284 valence electrons. The van der Waals surface area contributed by atoms with Gasteiger partial charge >= 0.3 is 40.2 Å². The maximum absolute atomic E-state index is 4.76. The zero-order valence-corrected chi connectivity index (χ0v) is 40.2. The Balaban J connectivity index is 0. The molecular weight excluding hydrogens is 1240 g/mol. The Morgan fingerprint density at radius 3 is 0.722 bits per heavy atom. The summed E-state index contributed by atoms with van der Waals surface area (Å²) in [4.78, 5) is 21.2. The maximum Gasteiger partial charge on any atom is 3.00 e. The minimum Gasteiger partial charge on any atom is -1.00 e. The van der Waals surface area contributed by atoms with Crippen LogP contribution in [-0.4, -0.2) is 30.6 Å². The molecule has 8 rings (SSSR count). The molecule has 4 nitrogen and oxygen atoms in total. The van der Waals surface area contributed by atoms with Crippen LogP contribution in [0.4, 0.5) is 0 Å². The largest absolute Gasteiger partial charge is 3.00 e. The summed E-state index contributed by atoms with van der Waals surface area (Å²) in [5.41, 5.74) is 4.01. The van der Waals surface area contributed by atoms with Crippen LogP contribution in [0.25, 0.3) is 42.3 Å². The number of rotatable bonds is 4. The molecule has 8 aromatic heterocycles. The average molecular weight is 1270 g/mol. The van der Waals surface area contributed by atoms with E-state index in [2.05, 4.69) is 44.2 Å². The Morgan fingerprint density at radius 2 is 0.593 bits per heavy atom. The van der Waals surface area contributed by atoms with E-state index in [1.165, 1.54) is 0 Å². The summed E-state index contributed by atoms with van der Waals surface area (Å²) < 4.78 is 0. The van der Waals surface area contributed by atoms with Crippen molar-refractivity contribution in [1.29, 1.82) is 0 Å². The molecule has 0 N–H and O–H groups in total. The van der Waals surface area contributed by atoms with Gasteiger partial charge in [0.05, 0.1) is 10.7 Å². The van der Waals surface area contributed by atoms with Gasteiger partial charge in [-0.1, -0.05) is 68.0 Å². The van der Waals surface area contributed by atoms with Gasteiger partial charge in [-0.25, -0.2) is 45.3 Å². The summed E-state index contributed by atoms with van der Waals surface area (Å²) in [5.74, 6) is 0. The number of thiophene rings is 4. The Morgan fingerprint density at radius 1 is 0.389 bits per heavy atom. The first-order valence-corrected chi connectivity index (χ1v) is 20.1. The van der Waals surface area contributed by atoms with Crippen LogP contribution in [0, 0.1) is 24.3 Å². The van der Waals surface area contributed by atoms with Gasteiger partial charge in [0.25, 0.3) is 0 Å². The smallest absolute Gasteiger partial charge is 1.00 e. The summed E-state index contributed by atoms with van der Waals surface area (Å²) in [7, 11) is 0. The van der Waals surface area contributed by atoms with Gasteiger partial charge < -0.3 is 44.7 Å². The second-order valence-corrected chi connectivity index (χ2v) is 13.9. The van der Waals surface area contributed by atoms with Gasteiger partial charge in [0.1, 0.15) is 0 Å². The first-order valence-electron chi connectivity index (χ1n) is 14.4. The predicted octanol–water partition coefficient (Wildman–Crippen LogP) is 7.29. The summed E-state index contributed by atoms with van der Waals surface area (Å²) in [6.45, 7) is 0. The van der Waals surface area contributed by atoms with Gasteiger partial charge in [-0.3, -0.25) is 0 Å². The number of pyridine rings is 4. The number of hydrogen-bond donors (Lipinski definition) is 0. The van der Waals surface area contributed by atoms with Crippen molar-refractivity contribution < 1.29 is 65.0 Å². The Hall–Kier alpha value is -1.56. The van der Waals surface area contributed by atoms with Crippen molar-refractivity contribution in [2.24, 2.45) is 0 Å². The van der Waals surface area contributed by atoms with Gasteiger partial charge in [-0.15, -0.1) is 67.9 Å². The Bertz CT molecular complexity index is 1600. The normalized spacial score (nSPS) is 8.67. The zero-order chi connectivity index (χ0) is 35.5. The number of nitrogens with zero attached hydrogens (tertiary/aromatic N) is 4. The third kappa shape index (κ3) is 22.2. The van der Waals surface area contributed by atoms with Crippen molar-refractivity contribution in [3.8, 4) is 42.3 Å². The maximum atomic E-state index is 4.76. The van der Waals surface area contributed by atoms with Crippen LogP contribution in [0.5, 0.6) is 0 Å². The van der Waals surface area contributed by atoms with Gasteiger partial charge in [0.15, 0.2) is 0 Å². The molecule has 0 fully saturated rings. The van der Waals surface area contributed by atoms with Crippen LogP contribution in [0.15, 0.2) is 143 Å². The van der Waals surface area contributed by atoms with E-state index in [-0.39, 0.29) is 75.7 Å². The molecule has 0 saturated carbocycles. The SMILES string of the molecule is ClCCl.ClCCl.[Cl-].[Cl-].[Ir+3].[Ir+3].[c-]1ccsc1-c1ccccn1.[c-]1ccsc1-c1ccccn1.[c-]1ccsc1-c1ccccn1.[c-]1ccsc1-c1ccccn1. The molecule has 0 aliphatic rings. The van der Waals surface area contributed by atoms with E-state index in [0.29, 0.717) is 0 Å². The van der Waals surface area contributed by atoms with Gasteiger partial charge in [0.2, 0.25) is 0 Å². The first-order chi connectivity index (χ1) is 24.7. The van der Waals surface area contributed by atoms with Gasteiger partial charge in [-0.05, 0) is 47.0 Å². The van der Waals surface area contributed by atoms with Crippen LogP contribution in [0.1, 0.15) is 0 Å². The fraction of sp³-hybridized carbons (Fsp3) is 0.0526. The van der Waals surface area contributed by atoms with E-state index < -0.39 is 0 Å². The van der Waals surface area contributed by atoms with Crippen molar-refractivity contribution in [2.45, 2.75) is 0 Å². The fourth-order valence-corrected chi connectivity index (χ4v) is 6.11. The molecule has 0 spiro atoms. The third-order valence-corrected chi connectivity index (χ3v) is 8.80. The molecule has 8 aromatic rings. The number of halogens is 6. The van der Waals surface area contributed by atoms with Crippen molar-refractivity contribution in [2.75, 3.05) is 10.7 Å². The second kappa shape index (κ2) is 35.8. The number of hydrogen-bond acceptors (Lipinski definition) is 8. The van der Waals surface area contributed by atoms with Crippen LogP contribution in [0.3, 0.4) is 0 Å². The van der Waals surface area contributed by atoms with E-state index in [4.69, 9.17) is 46.4 Å². The van der Waals surface area contributed by atoms with Gasteiger partial charge in [0, 0.05) is 24.8 Å². The van der Waals surface area contributed by atoms with Crippen LogP contribution < -0.4 is 24.8 Å². The molecule has 0 unspecified atom stereocenters. The van der Waals surface area contributed by atoms with Gasteiger partial charge in [-0.2, -0.15) is 48.5 Å². The molecule has 0 radical (unpaired) electrons. The van der Waals surface area contributed by atoms with Crippen molar-refractivity contribution in [3.05, 3.63) is 168 Å². The molecule has 0 aliphatic heterocycles. The molecule has 16 heteroatoms. The monoisotopic (exact) mass is 1260 g/mol. The average Bonchev–Trinajstić information content (AvgIpc) is 4.03. The third-order valence-electron chi connectivity index (χ3n) is 5.46. The molecule has 0 aliphatic carbocycles. The minimum absolute atomic E-state index is 0. The molecular formula is C38H28Cl6Ir2N4S4. The van der Waals surface area contributed by atoms with Crippen molar-refractivity contribution in [1.82, 2.24) is 19.9 Å². The first kappa shape index (κ1) is 54.5. The van der Waals surface area contributed by atoms with Crippen LogP contribution in [0.2, 0.25) is 0 Å². The van der Waals surface area contributed by atoms with E-state index in [9.17, 15) is 0 Å². The Labute approximate surface area is 393 Å². The quantitative estimate of drug-likeness (QED) is 0.138. The van der Waals surface area contributed by atoms with Crippen molar-refractivity contribution >= 4 is 91.8 Å². The fourth-order valence-electron chi connectivity index (χ4n) is 3.51. The van der Waals surface area contributed by atoms with Crippen LogP contribution in [-0.2, 0) is 40.2 Å². The Kier molecular flexibility index (Phi) is 36.2. The molecule has 8 heterocycles. The zero-order valence-electron chi connectivity index (χ0n) is 27.6. The van der Waals surface area contributed by atoms with E-state index >= 15 is 0 Å². The van der Waals surface area contributed by atoms with Crippen LogP contribution >= 0.6 is 91.8 Å². The molecule has 0 saturated heterocycles. The van der Waals surface area contributed by atoms with Crippen molar-refractivity contribution in [3.63, 3.8) is 0 Å².